The first-order valence-corrected chi connectivity index (χ1v) is 7.27. The molecule has 0 saturated heterocycles. The van der Waals surface area contributed by atoms with Crippen molar-refractivity contribution in [2.75, 3.05) is 7.05 Å². The summed E-state index contributed by atoms with van der Waals surface area (Å²) in [5, 5.41) is 4.10. The molecule has 1 saturated carbocycles. The number of hydrogen-bond acceptors (Lipinski definition) is 2. The SMILES string of the molecule is CNC1CCCCCCC1Oc1ccccc1Cl. The van der Waals surface area contributed by atoms with E-state index >= 15 is 0 Å². The molecular formula is C15H22ClNO. The summed E-state index contributed by atoms with van der Waals surface area (Å²) in [6, 6.07) is 8.17. The lowest BCUT2D eigenvalue weighted by molar-refractivity contribution is 0.131. The van der Waals surface area contributed by atoms with Crippen molar-refractivity contribution < 1.29 is 4.74 Å². The number of likely N-dealkylation sites (N-methyl/N-ethyl adjacent to an activating group) is 1. The van der Waals surface area contributed by atoms with E-state index in [2.05, 4.69) is 5.32 Å². The number of halogens is 1. The molecule has 0 spiro atoms. The molecule has 1 N–H and O–H groups in total. The van der Waals surface area contributed by atoms with Crippen molar-refractivity contribution in [3.8, 4) is 5.75 Å². The Morgan fingerprint density at radius 3 is 2.56 bits per heavy atom. The van der Waals surface area contributed by atoms with Gasteiger partial charge in [0.15, 0.2) is 0 Å². The Bertz CT molecular complexity index is 369. The fourth-order valence-electron chi connectivity index (χ4n) is 2.63. The molecule has 18 heavy (non-hydrogen) atoms. The van der Waals surface area contributed by atoms with Crippen molar-refractivity contribution in [3.05, 3.63) is 29.3 Å². The molecule has 0 aliphatic heterocycles. The predicted octanol–water partition coefficient (Wildman–Crippen LogP) is 4.03. The van der Waals surface area contributed by atoms with Crippen LogP contribution in [0.25, 0.3) is 0 Å². The molecule has 100 valence electrons. The maximum absolute atomic E-state index is 6.16. The highest BCUT2D eigenvalue weighted by atomic mass is 35.5. The van der Waals surface area contributed by atoms with Gasteiger partial charge in [-0.3, -0.25) is 0 Å². The summed E-state index contributed by atoms with van der Waals surface area (Å²) in [5.74, 6) is 0.810. The van der Waals surface area contributed by atoms with Crippen molar-refractivity contribution in [2.24, 2.45) is 0 Å². The standard InChI is InChI=1S/C15H22ClNO/c1-17-13-9-4-2-3-5-11-15(13)18-14-10-7-6-8-12(14)16/h6-8,10,13,15,17H,2-5,9,11H2,1H3. The lowest BCUT2D eigenvalue weighted by Gasteiger charge is -2.30. The highest BCUT2D eigenvalue weighted by Gasteiger charge is 2.23. The molecule has 1 aromatic rings. The van der Waals surface area contributed by atoms with Gasteiger partial charge in [-0.1, -0.05) is 43.0 Å². The largest absolute Gasteiger partial charge is 0.487 e. The topological polar surface area (TPSA) is 21.3 Å². The minimum absolute atomic E-state index is 0.232. The number of rotatable bonds is 3. The summed E-state index contributed by atoms with van der Waals surface area (Å²) in [5.41, 5.74) is 0. The third-order valence-electron chi connectivity index (χ3n) is 3.69. The van der Waals surface area contributed by atoms with E-state index in [1.165, 1.54) is 32.1 Å². The van der Waals surface area contributed by atoms with Crippen LogP contribution in [-0.2, 0) is 0 Å². The number of benzene rings is 1. The first-order chi connectivity index (χ1) is 8.81. The molecular weight excluding hydrogens is 246 g/mol. The summed E-state index contributed by atoms with van der Waals surface area (Å²) < 4.78 is 6.13. The Balaban J connectivity index is 2.06. The van der Waals surface area contributed by atoms with Crippen LogP contribution in [0, 0.1) is 0 Å². The molecule has 0 radical (unpaired) electrons. The molecule has 0 aromatic heterocycles. The van der Waals surface area contributed by atoms with Crippen molar-refractivity contribution in [3.63, 3.8) is 0 Å². The van der Waals surface area contributed by atoms with Gasteiger partial charge in [0.1, 0.15) is 11.9 Å². The van der Waals surface area contributed by atoms with Crippen LogP contribution in [-0.4, -0.2) is 19.2 Å². The zero-order valence-electron chi connectivity index (χ0n) is 11.0. The third kappa shape index (κ3) is 3.63. The van der Waals surface area contributed by atoms with Crippen LogP contribution in [0.5, 0.6) is 5.75 Å². The maximum atomic E-state index is 6.16. The lowest BCUT2D eigenvalue weighted by Crippen LogP contribution is -2.41. The fourth-order valence-corrected chi connectivity index (χ4v) is 2.81. The predicted molar refractivity (Wildman–Crippen MR) is 76.4 cm³/mol. The normalized spacial score (nSPS) is 25.2. The Labute approximate surface area is 115 Å². The number of para-hydroxylation sites is 1. The second-order valence-electron chi connectivity index (χ2n) is 4.97. The third-order valence-corrected chi connectivity index (χ3v) is 4.00. The Kier molecular flexibility index (Phi) is 5.33. The van der Waals surface area contributed by atoms with Gasteiger partial charge in [-0.15, -0.1) is 0 Å². The van der Waals surface area contributed by atoms with E-state index in [0.29, 0.717) is 11.1 Å². The summed E-state index contributed by atoms with van der Waals surface area (Å²) >= 11 is 6.16. The van der Waals surface area contributed by atoms with E-state index in [1.54, 1.807) is 0 Å². The van der Waals surface area contributed by atoms with Gasteiger partial charge in [0.2, 0.25) is 0 Å². The monoisotopic (exact) mass is 267 g/mol. The van der Waals surface area contributed by atoms with Gasteiger partial charge in [0.25, 0.3) is 0 Å². The quantitative estimate of drug-likeness (QED) is 0.893. The summed E-state index contributed by atoms with van der Waals surface area (Å²) in [7, 11) is 2.02. The summed E-state index contributed by atoms with van der Waals surface area (Å²) in [4.78, 5) is 0. The molecule has 2 atom stereocenters. The minimum Gasteiger partial charge on any atom is -0.487 e. The average Bonchev–Trinajstić information content (AvgIpc) is 2.35. The van der Waals surface area contributed by atoms with E-state index < -0.39 is 0 Å². The molecule has 3 heteroatoms. The molecule has 0 bridgehead atoms. The van der Waals surface area contributed by atoms with E-state index in [-0.39, 0.29) is 6.10 Å². The van der Waals surface area contributed by atoms with E-state index in [1.807, 2.05) is 31.3 Å². The van der Waals surface area contributed by atoms with Crippen LogP contribution in [0.3, 0.4) is 0 Å². The van der Waals surface area contributed by atoms with Crippen molar-refractivity contribution in [1.29, 1.82) is 0 Å². The van der Waals surface area contributed by atoms with Gasteiger partial charge in [0.05, 0.1) is 5.02 Å². The number of nitrogens with one attached hydrogen (secondary N) is 1. The highest BCUT2D eigenvalue weighted by Crippen LogP contribution is 2.28. The number of ether oxygens (including phenoxy) is 1. The maximum Gasteiger partial charge on any atom is 0.138 e. The highest BCUT2D eigenvalue weighted by molar-refractivity contribution is 6.32. The Morgan fingerprint density at radius 2 is 1.83 bits per heavy atom. The first-order valence-electron chi connectivity index (χ1n) is 6.89. The fraction of sp³-hybridized carbons (Fsp3) is 0.600. The van der Waals surface area contributed by atoms with E-state index in [0.717, 1.165) is 12.2 Å². The van der Waals surface area contributed by atoms with Gasteiger partial charge >= 0.3 is 0 Å². The molecule has 2 unspecified atom stereocenters. The van der Waals surface area contributed by atoms with Crippen LogP contribution in [0.2, 0.25) is 5.02 Å². The van der Waals surface area contributed by atoms with Crippen LogP contribution in [0.15, 0.2) is 24.3 Å². The van der Waals surface area contributed by atoms with E-state index in [4.69, 9.17) is 16.3 Å². The molecule has 0 amide bonds. The Hall–Kier alpha value is -0.730. The average molecular weight is 268 g/mol. The summed E-state index contributed by atoms with van der Waals surface area (Å²) in [6.45, 7) is 0. The van der Waals surface area contributed by atoms with Crippen molar-refractivity contribution in [2.45, 2.75) is 50.7 Å². The second kappa shape index (κ2) is 7.01. The molecule has 2 rings (SSSR count). The van der Waals surface area contributed by atoms with Gasteiger partial charge in [-0.2, -0.15) is 0 Å². The molecule has 0 heterocycles. The van der Waals surface area contributed by atoms with E-state index in [9.17, 15) is 0 Å². The minimum atomic E-state index is 0.232. The molecule has 1 aliphatic carbocycles. The van der Waals surface area contributed by atoms with Crippen molar-refractivity contribution in [1.82, 2.24) is 5.32 Å². The molecule has 1 aromatic carbocycles. The van der Waals surface area contributed by atoms with Gasteiger partial charge in [-0.25, -0.2) is 0 Å². The summed E-state index contributed by atoms with van der Waals surface area (Å²) in [6.07, 6.45) is 7.72. The zero-order valence-corrected chi connectivity index (χ0v) is 11.7. The van der Waals surface area contributed by atoms with Crippen LogP contribution in [0.4, 0.5) is 0 Å². The van der Waals surface area contributed by atoms with Crippen LogP contribution >= 0.6 is 11.6 Å². The Morgan fingerprint density at radius 1 is 1.11 bits per heavy atom. The first kappa shape index (κ1) is 13.7. The smallest absolute Gasteiger partial charge is 0.138 e. The van der Waals surface area contributed by atoms with Crippen LogP contribution < -0.4 is 10.1 Å². The molecule has 2 nitrogen and oxygen atoms in total. The number of hydrogen-bond donors (Lipinski definition) is 1. The second-order valence-corrected chi connectivity index (χ2v) is 5.38. The zero-order chi connectivity index (χ0) is 12.8. The van der Waals surface area contributed by atoms with Gasteiger partial charge < -0.3 is 10.1 Å². The molecule has 1 aliphatic rings. The lowest BCUT2D eigenvalue weighted by atomic mass is 9.94. The van der Waals surface area contributed by atoms with Gasteiger partial charge in [0, 0.05) is 6.04 Å². The van der Waals surface area contributed by atoms with Gasteiger partial charge in [-0.05, 0) is 38.4 Å². The molecule has 1 fully saturated rings. The van der Waals surface area contributed by atoms with Crippen LogP contribution in [0.1, 0.15) is 38.5 Å². The van der Waals surface area contributed by atoms with Crippen molar-refractivity contribution >= 4 is 11.6 Å².